The zero-order chi connectivity index (χ0) is 15.4. The van der Waals surface area contributed by atoms with Gasteiger partial charge in [-0.2, -0.15) is 0 Å². The fraction of sp³-hybridized carbons (Fsp3) is 0.588. The molecule has 0 amide bonds. The molecule has 1 saturated carbocycles. The molecular weight excluding hydrogens is 268 g/mol. The molecule has 4 heteroatoms. The number of carbonyl (C=O) groups is 1. The molecule has 3 rings (SSSR count). The first-order valence-corrected chi connectivity index (χ1v) is 7.59. The van der Waals surface area contributed by atoms with E-state index in [9.17, 15) is 15.0 Å². The van der Waals surface area contributed by atoms with Gasteiger partial charge in [0, 0.05) is 11.5 Å². The Morgan fingerprint density at radius 3 is 2.71 bits per heavy atom. The Morgan fingerprint density at radius 1 is 1.33 bits per heavy atom. The summed E-state index contributed by atoms with van der Waals surface area (Å²) in [6.45, 7) is 6.40. The fourth-order valence-electron chi connectivity index (χ4n) is 4.10. The second-order valence-electron chi connectivity index (χ2n) is 7.02. The standard InChI is InChI=1S/C17H22O4/c1-9-4-6-12-11(8-9)14-13(21-17(12,2)3)7-5-10(15(14)18)16(19)20/h5,7,9,11-12,18H,4,6,8H2,1-3H3,(H,19,20)/t9-,11-,12-/m1/s1. The first kappa shape index (κ1) is 14.2. The molecule has 0 saturated heterocycles. The molecule has 1 aliphatic carbocycles. The molecule has 1 fully saturated rings. The summed E-state index contributed by atoms with van der Waals surface area (Å²) in [4.78, 5) is 11.3. The molecular formula is C17H22O4. The molecule has 21 heavy (non-hydrogen) atoms. The van der Waals surface area contributed by atoms with Crippen molar-refractivity contribution in [3.63, 3.8) is 0 Å². The van der Waals surface area contributed by atoms with Crippen LogP contribution in [-0.4, -0.2) is 21.8 Å². The maximum absolute atomic E-state index is 11.3. The molecule has 0 bridgehead atoms. The number of rotatable bonds is 1. The zero-order valence-electron chi connectivity index (χ0n) is 12.7. The topological polar surface area (TPSA) is 66.8 Å². The lowest BCUT2D eigenvalue weighted by atomic mass is 9.64. The average molecular weight is 290 g/mol. The summed E-state index contributed by atoms with van der Waals surface area (Å²) < 4.78 is 6.09. The molecule has 1 aromatic rings. The molecule has 114 valence electrons. The van der Waals surface area contributed by atoms with E-state index in [1.807, 2.05) is 0 Å². The fourth-order valence-corrected chi connectivity index (χ4v) is 4.10. The van der Waals surface area contributed by atoms with Crippen molar-refractivity contribution in [1.82, 2.24) is 0 Å². The van der Waals surface area contributed by atoms with Gasteiger partial charge in [-0.25, -0.2) is 4.79 Å². The minimum atomic E-state index is -1.10. The smallest absolute Gasteiger partial charge is 0.339 e. The van der Waals surface area contributed by atoms with Crippen LogP contribution in [0.5, 0.6) is 11.5 Å². The van der Waals surface area contributed by atoms with Gasteiger partial charge in [-0.15, -0.1) is 0 Å². The van der Waals surface area contributed by atoms with E-state index in [0.29, 0.717) is 23.1 Å². The molecule has 2 aliphatic rings. The van der Waals surface area contributed by atoms with Crippen LogP contribution in [0, 0.1) is 11.8 Å². The van der Waals surface area contributed by atoms with Crippen LogP contribution in [0.15, 0.2) is 12.1 Å². The third-order valence-corrected chi connectivity index (χ3v) is 5.16. The summed E-state index contributed by atoms with van der Waals surface area (Å²) in [7, 11) is 0. The predicted molar refractivity (Wildman–Crippen MR) is 79.0 cm³/mol. The van der Waals surface area contributed by atoms with Crippen LogP contribution < -0.4 is 4.74 Å². The molecule has 3 atom stereocenters. The Labute approximate surface area is 124 Å². The molecule has 0 spiro atoms. The summed E-state index contributed by atoms with van der Waals surface area (Å²) in [6, 6.07) is 3.12. The Balaban J connectivity index is 2.16. The summed E-state index contributed by atoms with van der Waals surface area (Å²) in [5.41, 5.74) is 0.384. The first-order chi connectivity index (χ1) is 9.81. The lowest BCUT2D eigenvalue weighted by Gasteiger charge is -2.48. The van der Waals surface area contributed by atoms with Crippen molar-refractivity contribution in [3.05, 3.63) is 23.3 Å². The van der Waals surface area contributed by atoms with Gasteiger partial charge in [0.1, 0.15) is 22.7 Å². The molecule has 1 heterocycles. The number of fused-ring (bicyclic) bond motifs is 3. The van der Waals surface area contributed by atoms with E-state index in [2.05, 4.69) is 20.8 Å². The van der Waals surface area contributed by atoms with Crippen LogP contribution in [0.25, 0.3) is 0 Å². The number of phenols is 1. The summed E-state index contributed by atoms with van der Waals surface area (Å²) in [6.07, 6.45) is 3.18. The summed E-state index contributed by atoms with van der Waals surface area (Å²) in [5, 5.41) is 19.7. The molecule has 1 aliphatic heterocycles. The van der Waals surface area contributed by atoms with Crippen molar-refractivity contribution in [2.75, 3.05) is 0 Å². The second kappa shape index (κ2) is 4.65. The number of carboxylic acids is 1. The number of hydrogen-bond acceptors (Lipinski definition) is 3. The Morgan fingerprint density at radius 2 is 2.05 bits per heavy atom. The summed E-state index contributed by atoms with van der Waals surface area (Å²) in [5.74, 6) is 0.502. The van der Waals surface area contributed by atoms with Crippen molar-refractivity contribution < 1.29 is 19.7 Å². The number of hydrogen-bond donors (Lipinski definition) is 2. The Hall–Kier alpha value is -1.71. The van der Waals surface area contributed by atoms with Gasteiger partial charge >= 0.3 is 5.97 Å². The Kier molecular flexibility index (Phi) is 3.15. The minimum absolute atomic E-state index is 0.0333. The number of aromatic hydroxyl groups is 1. The largest absolute Gasteiger partial charge is 0.507 e. The van der Waals surface area contributed by atoms with Gasteiger partial charge in [0.05, 0.1) is 0 Å². The van der Waals surface area contributed by atoms with E-state index in [-0.39, 0.29) is 22.8 Å². The van der Waals surface area contributed by atoms with Crippen LogP contribution in [0.2, 0.25) is 0 Å². The first-order valence-electron chi connectivity index (χ1n) is 7.59. The van der Waals surface area contributed by atoms with Gasteiger partial charge in [0.2, 0.25) is 0 Å². The SMILES string of the molecule is C[C@@H]1CC[C@@H]2[C@@H](C1)c1c(ccc(C(=O)O)c1O)OC2(C)C. The molecule has 0 unspecified atom stereocenters. The van der Waals surface area contributed by atoms with Crippen LogP contribution in [0.1, 0.15) is 61.9 Å². The third-order valence-electron chi connectivity index (χ3n) is 5.16. The van der Waals surface area contributed by atoms with Crippen molar-refractivity contribution in [2.45, 2.75) is 51.6 Å². The monoisotopic (exact) mass is 290 g/mol. The quantitative estimate of drug-likeness (QED) is 0.826. The maximum Gasteiger partial charge on any atom is 0.339 e. The van der Waals surface area contributed by atoms with E-state index in [4.69, 9.17) is 4.74 Å². The lowest BCUT2D eigenvalue weighted by molar-refractivity contribution is -0.0145. The zero-order valence-corrected chi connectivity index (χ0v) is 12.7. The van der Waals surface area contributed by atoms with Gasteiger partial charge in [0.25, 0.3) is 0 Å². The van der Waals surface area contributed by atoms with Gasteiger partial charge in [-0.1, -0.05) is 13.3 Å². The van der Waals surface area contributed by atoms with Gasteiger partial charge < -0.3 is 14.9 Å². The molecule has 1 aromatic carbocycles. The average Bonchev–Trinajstić information content (AvgIpc) is 2.37. The molecule has 0 radical (unpaired) electrons. The van der Waals surface area contributed by atoms with E-state index in [1.165, 1.54) is 6.07 Å². The van der Waals surface area contributed by atoms with Crippen molar-refractivity contribution in [1.29, 1.82) is 0 Å². The van der Waals surface area contributed by atoms with E-state index < -0.39 is 5.97 Å². The number of aromatic carboxylic acids is 1. The predicted octanol–water partition coefficient (Wildman–Crippen LogP) is 3.78. The number of benzene rings is 1. The number of ether oxygens (including phenoxy) is 1. The van der Waals surface area contributed by atoms with E-state index in [0.717, 1.165) is 19.3 Å². The normalized spacial score (nSPS) is 30.0. The minimum Gasteiger partial charge on any atom is -0.507 e. The van der Waals surface area contributed by atoms with Crippen LogP contribution in [-0.2, 0) is 0 Å². The second-order valence-corrected chi connectivity index (χ2v) is 7.02. The maximum atomic E-state index is 11.3. The third kappa shape index (κ3) is 2.17. The summed E-state index contributed by atoms with van der Waals surface area (Å²) >= 11 is 0. The molecule has 4 nitrogen and oxygen atoms in total. The van der Waals surface area contributed by atoms with Crippen LogP contribution in [0.3, 0.4) is 0 Å². The van der Waals surface area contributed by atoms with Gasteiger partial charge in [-0.05, 0) is 50.7 Å². The highest BCUT2D eigenvalue weighted by Crippen LogP contribution is 2.55. The molecule has 0 aromatic heterocycles. The van der Waals surface area contributed by atoms with Gasteiger partial charge in [0.15, 0.2) is 0 Å². The lowest BCUT2D eigenvalue weighted by Crippen LogP contribution is -2.46. The van der Waals surface area contributed by atoms with Crippen molar-refractivity contribution >= 4 is 5.97 Å². The highest BCUT2D eigenvalue weighted by molar-refractivity contribution is 5.92. The van der Waals surface area contributed by atoms with Crippen LogP contribution >= 0.6 is 0 Å². The number of carboxylic acid groups (broad SMARTS) is 1. The van der Waals surface area contributed by atoms with E-state index in [1.54, 1.807) is 6.07 Å². The van der Waals surface area contributed by atoms with Gasteiger partial charge in [-0.3, -0.25) is 0 Å². The highest BCUT2D eigenvalue weighted by atomic mass is 16.5. The Bertz CT molecular complexity index is 591. The van der Waals surface area contributed by atoms with Crippen LogP contribution in [0.4, 0.5) is 0 Å². The van der Waals surface area contributed by atoms with E-state index >= 15 is 0 Å². The highest BCUT2D eigenvalue weighted by Gasteiger charge is 2.47. The molecule has 2 N–H and O–H groups in total. The van der Waals surface area contributed by atoms with Crippen molar-refractivity contribution in [3.8, 4) is 11.5 Å². The van der Waals surface area contributed by atoms with Crippen molar-refractivity contribution in [2.24, 2.45) is 11.8 Å².